The number of aliphatic carboxylic acids is 1. The van der Waals surface area contributed by atoms with Gasteiger partial charge in [0.2, 0.25) is 0 Å². The zero-order valence-electron chi connectivity index (χ0n) is 9.25. The molecule has 0 amide bonds. The van der Waals surface area contributed by atoms with E-state index in [0.717, 1.165) is 16.0 Å². The first-order valence-corrected chi connectivity index (χ1v) is 6.15. The molecule has 1 aliphatic rings. The number of aryl methyl sites for hydroxylation is 1. The summed E-state index contributed by atoms with van der Waals surface area (Å²) in [4.78, 5) is 23.4. The Morgan fingerprint density at radius 1 is 1.53 bits per heavy atom. The molecule has 88 valence electrons. The number of fused-ring (bicyclic) bond motifs is 1. The number of rotatable bonds is 2. The number of carboxylic acids is 1. The number of hydrogen-bond acceptors (Lipinski definition) is 5. The molecule has 1 N–H and O–H groups in total. The SMILES string of the molecule is Cc1cc2c(N3CC(C(=O)O)C3)ncnc2s1. The number of thiophene rings is 1. The van der Waals surface area contributed by atoms with Crippen LogP contribution in [0, 0.1) is 12.8 Å². The minimum absolute atomic E-state index is 0.264. The molecule has 1 fully saturated rings. The molecular formula is C11H11N3O2S. The van der Waals surface area contributed by atoms with E-state index in [1.807, 2.05) is 11.8 Å². The van der Waals surface area contributed by atoms with Gasteiger partial charge in [-0.25, -0.2) is 9.97 Å². The van der Waals surface area contributed by atoms with Crippen molar-refractivity contribution in [3.05, 3.63) is 17.3 Å². The fourth-order valence-electron chi connectivity index (χ4n) is 2.02. The summed E-state index contributed by atoms with van der Waals surface area (Å²) in [6.45, 7) is 3.11. The van der Waals surface area contributed by atoms with Crippen LogP contribution in [0.5, 0.6) is 0 Å². The van der Waals surface area contributed by atoms with Gasteiger partial charge in [-0.15, -0.1) is 11.3 Å². The number of carboxylic acid groups (broad SMARTS) is 1. The van der Waals surface area contributed by atoms with Crippen molar-refractivity contribution in [3.63, 3.8) is 0 Å². The predicted molar refractivity (Wildman–Crippen MR) is 65.5 cm³/mol. The summed E-state index contributed by atoms with van der Waals surface area (Å²) in [7, 11) is 0. The summed E-state index contributed by atoms with van der Waals surface area (Å²) in [6, 6.07) is 2.06. The van der Waals surface area contributed by atoms with E-state index in [-0.39, 0.29) is 5.92 Å². The van der Waals surface area contributed by atoms with Gasteiger partial charge < -0.3 is 10.0 Å². The van der Waals surface area contributed by atoms with Crippen molar-refractivity contribution >= 4 is 33.3 Å². The van der Waals surface area contributed by atoms with Gasteiger partial charge in [0.1, 0.15) is 17.0 Å². The normalized spacial score (nSPS) is 16.2. The molecule has 0 bridgehead atoms. The Balaban J connectivity index is 1.94. The molecular weight excluding hydrogens is 238 g/mol. The molecule has 0 spiro atoms. The van der Waals surface area contributed by atoms with Crippen LogP contribution in [0.15, 0.2) is 12.4 Å². The van der Waals surface area contributed by atoms with E-state index in [4.69, 9.17) is 5.11 Å². The van der Waals surface area contributed by atoms with Crippen molar-refractivity contribution < 1.29 is 9.90 Å². The summed E-state index contributed by atoms with van der Waals surface area (Å²) in [5, 5.41) is 9.88. The third-order valence-electron chi connectivity index (χ3n) is 2.96. The highest BCUT2D eigenvalue weighted by molar-refractivity contribution is 7.18. The van der Waals surface area contributed by atoms with Gasteiger partial charge in [-0.3, -0.25) is 4.79 Å². The predicted octanol–water partition coefficient (Wildman–Crippen LogP) is 1.52. The quantitative estimate of drug-likeness (QED) is 0.874. The van der Waals surface area contributed by atoms with Crippen molar-refractivity contribution in [2.24, 2.45) is 5.92 Å². The Morgan fingerprint density at radius 2 is 2.29 bits per heavy atom. The van der Waals surface area contributed by atoms with Crippen molar-refractivity contribution in [3.8, 4) is 0 Å². The molecule has 3 heterocycles. The molecule has 0 saturated carbocycles. The number of hydrogen-bond donors (Lipinski definition) is 1. The number of carbonyl (C=O) groups is 1. The zero-order chi connectivity index (χ0) is 12.0. The lowest BCUT2D eigenvalue weighted by Gasteiger charge is -2.37. The second kappa shape index (κ2) is 3.66. The van der Waals surface area contributed by atoms with E-state index < -0.39 is 5.97 Å². The van der Waals surface area contributed by atoms with E-state index in [1.165, 1.54) is 4.88 Å². The molecule has 0 unspecified atom stereocenters. The molecule has 0 aliphatic carbocycles. The van der Waals surface area contributed by atoms with Gasteiger partial charge in [0.05, 0.1) is 11.3 Å². The van der Waals surface area contributed by atoms with Crippen LogP contribution in [-0.4, -0.2) is 34.1 Å². The van der Waals surface area contributed by atoms with E-state index in [1.54, 1.807) is 17.7 Å². The van der Waals surface area contributed by atoms with Crippen molar-refractivity contribution in [2.45, 2.75) is 6.92 Å². The molecule has 0 aromatic carbocycles. The molecule has 2 aromatic heterocycles. The summed E-state index contributed by atoms with van der Waals surface area (Å²) in [5.74, 6) is -0.135. The van der Waals surface area contributed by atoms with Gasteiger partial charge in [-0.2, -0.15) is 0 Å². The lowest BCUT2D eigenvalue weighted by atomic mass is 10.0. The summed E-state index contributed by atoms with van der Waals surface area (Å²) >= 11 is 1.63. The molecule has 6 heteroatoms. The maximum absolute atomic E-state index is 10.8. The lowest BCUT2D eigenvalue weighted by Crippen LogP contribution is -2.50. The van der Waals surface area contributed by atoms with Crippen LogP contribution < -0.4 is 4.90 Å². The smallest absolute Gasteiger partial charge is 0.310 e. The van der Waals surface area contributed by atoms with Gasteiger partial charge in [0.25, 0.3) is 0 Å². The zero-order valence-corrected chi connectivity index (χ0v) is 10.1. The largest absolute Gasteiger partial charge is 0.481 e. The average molecular weight is 249 g/mol. The third kappa shape index (κ3) is 1.64. The van der Waals surface area contributed by atoms with E-state index in [0.29, 0.717) is 13.1 Å². The van der Waals surface area contributed by atoms with Gasteiger partial charge in [-0.1, -0.05) is 0 Å². The van der Waals surface area contributed by atoms with E-state index in [9.17, 15) is 4.79 Å². The van der Waals surface area contributed by atoms with Crippen LogP contribution in [0.4, 0.5) is 5.82 Å². The van der Waals surface area contributed by atoms with E-state index in [2.05, 4.69) is 16.0 Å². The highest BCUT2D eigenvalue weighted by atomic mass is 32.1. The maximum Gasteiger partial charge on any atom is 0.310 e. The average Bonchev–Trinajstić information content (AvgIpc) is 2.56. The molecule has 1 aliphatic heterocycles. The van der Waals surface area contributed by atoms with Crippen LogP contribution in [0.3, 0.4) is 0 Å². The highest BCUT2D eigenvalue weighted by Crippen LogP contribution is 2.32. The third-order valence-corrected chi connectivity index (χ3v) is 3.92. The molecule has 0 atom stereocenters. The van der Waals surface area contributed by atoms with E-state index >= 15 is 0 Å². The first-order chi connectivity index (χ1) is 8.15. The van der Waals surface area contributed by atoms with Crippen LogP contribution in [0.1, 0.15) is 4.88 Å². The van der Waals surface area contributed by atoms with Crippen molar-refractivity contribution in [1.82, 2.24) is 9.97 Å². The fourth-order valence-corrected chi connectivity index (χ4v) is 2.87. The molecule has 17 heavy (non-hydrogen) atoms. The Bertz CT molecular complexity index is 589. The van der Waals surface area contributed by atoms with Crippen LogP contribution in [-0.2, 0) is 4.79 Å². The van der Waals surface area contributed by atoms with Gasteiger partial charge in [-0.05, 0) is 13.0 Å². The Hall–Kier alpha value is -1.69. The van der Waals surface area contributed by atoms with Crippen LogP contribution in [0.25, 0.3) is 10.2 Å². The number of nitrogens with zero attached hydrogens (tertiary/aromatic N) is 3. The Kier molecular flexibility index (Phi) is 2.25. The molecule has 2 aromatic rings. The molecule has 1 saturated heterocycles. The maximum atomic E-state index is 10.8. The fraction of sp³-hybridized carbons (Fsp3) is 0.364. The molecule has 3 rings (SSSR count). The summed E-state index contributed by atoms with van der Waals surface area (Å²) in [6.07, 6.45) is 1.54. The second-order valence-electron chi connectivity index (χ2n) is 4.21. The topological polar surface area (TPSA) is 66.3 Å². The second-order valence-corrected chi connectivity index (χ2v) is 5.45. The summed E-state index contributed by atoms with van der Waals surface area (Å²) in [5.41, 5.74) is 0. The molecule has 5 nitrogen and oxygen atoms in total. The number of aromatic nitrogens is 2. The van der Waals surface area contributed by atoms with Gasteiger partial charge in [0, 0.05) is 18.0 Å². The van der Waals surface area contributed by atoms with Crippen molar-refractivity contribution in [1.29, 1.82) is 0 Å². The highest BCUT2D eigenvalue weighted by Gasteiger charge is 2.34. The van der Waals surface area contributed by atoms with Crippen LogP contribution >= 0.6 is 11.3 Å². The Labute approximate surface area is 102 Å². The summed E-state index contributed by atoms with van der Waals surface area (Å²) < 4.78 is 0. The first-order valence-electron chi connectivity index (χ1n) is 5.34. The molecule has 0 radical (unpaired) electrons. The first kappa shape index (κ1) is 10.5. The number of anilines is 1. The standard InChI is InChI=1S/C11H11N3O2S/c1-6-2-8-9(12-5-13-10(8)17-6)14-3-7(4-14)11(15)16/h2,5,7H,3-4H2,1H3,(H,15,16). The monoisotopic (exact) mass is 249 g/mol. The van der Waals surface area contributed by atoms with Crippen molar-refractivity contribution in [2.75, 3.05) is 18.0 Å². The minimum Gasteiger partial charge on any atom is -0.481 e. The van der Waals surface area contributed by atoms with Crippen LogP contribution in [0.2, 0.25) is 0 Å². The van der Waals surface area contributed by atoms with Gasteiger partial charge in [0.15, 0.2) is 0 Å². The van der Waals surface area contributed by atoms with Gasteiger partial charge >= 0.3 is 5.97 Å². The minimum atomic E-state index is -0.729. The lowest BCUT2D eigenvalue weighted by molar-refractivity contribution is -0.142. The Morgan fingerprint density at radius 3 is 3.00 bits per heavy atom.